The third-order valence-corrected chi connectivity index (χ3v) is 10.7. The van der Waals surface area contributed by atoms with Gasteiger partial charge in [-0.15, -0.1) is 0 Å². The highest BCUT2D eigenvalue weighted by Crippen LogP contribution is 2.53. The van der Waals surface area contributed by atoms with Gasteiger partial charge in [0.05, 0.1) is 28.5 Å². The van der Waals surface area contributed by atoms with E-state index in [2.05, 4.69) is 165 Å². The molecule has 3 N–H and O–H groups in total. The Kier molecular flexibility index (Phi) is 6.34. The second-order valence-corrected chi connectivity index (χ2v) is 13.3. The highest BCUT2D eigenvalue weighted by atomic mass is 15.4. The first kappa shape index (κ1) is 27.6. The van der Waals surface area contributed by atoms with Gasteiger partial charge in [0.2, 0.25) is 0 Å². The number of nitrogens with one attached hydrogen (secondary N) is 3. The predicted molar refractivity (Wildman–Crippen MR) is 200 cm³/mol. The third kappa shape index (κ3) is 4.14. The van der Waals surface area contributed by atoms with Crippen LogP contribution in [0.3, 0.4) is 0 Å². The average molecular weight is 624 g/mol. The highest BCUT2D eigenvalue weighted by Gasteiger charge is 2.36. The molecular formula is C43H37N5. The summed E-state index contributed by atoms with van der Waals surface area (Å²) in [5.74, 6) is 0. The molecule has 0 spiro atoms. The maximum Gasteiger partial charge on any atom is 0.160 e. The Morgan fingerprint density at radius 2 is 1.52 bits per heavy atom. The molecule has 234 valence electrons. The quantitative estimate of drug-likeness (QED) is 0.184. The molecule has 48 heavy (non-hydrogen) atoms. The predicted octanol–water partition coefficient (Wildman–Crippen LogP) is 10.3. The molecule has 0 saturated heterocycles. The lowest BCUT2D eigenvalue weighted by Crippen LogP contribution is -2.48. The minimum absolute atomic E-state index is 0.147. The molecule has 5 nitrogen and oxygen atoms in total. The van der Waals surface area contributed by atoms with Gasteiger partial charge in [0, 0.05) is 39.3 Å². The molecule has 0 saturated carbocycles. The summed E-state index contributed by atoms with van der Waals surface area (Å²) in [5, 5.41) is 14.4. The molecule has 1 aliphatic carbocycles. The Bertz CT molecular complexity index is 2310. The van der Waals surface area contributed by atoms with Crippen LogP contribution in [0.5, 0.6) is 0 Å². The topological polar surface area (TPSA) is 44.3 Å². The molecule has 10 rings (SSSR count). The number of nitrogens with zero attached hydrogens (tertiary/aromatic N) is 2. The number of benzene rings is 5. The smallest absolute Gasteiger partial charge is 0.160 e. The molecule has 0 bridgehead atoms. The van der Waals surface area contributed by atoms with E-state index in [0.717, 1.165) is 31.4 Å². The molecule has 0 amide bonds. The maximum atomic E-state index is 4.13. The van der Waals surface area contributed by atoms with Crippen LogP contribution in [0.4, 0.5) is 22.7 Å². The zero-order valence-electron chi connectivity index (χ0n) is 26.7. The second-order valence-electron chi connectivity index (χ2n) is 13.3. The lowest BCUT2D eigenvalue weighted by atomic mass is 9.87. The molecule has 1 aromatic heterocycles. The van der Waals surface area contributed by atoms with Crippen LogP contribution in [0, 0.1) is 0 Å². The van der Waals surface area contributed by atoms with Crippen LogP contribution in [0.25, 0.3) is 33.0 Å². The minimum Gasteiger partial charge on any atom is -0.386 e. The van der Waals surface area contributed by atoms with Crippen LogP contribution < -0.4 is 20.9 Å². The fourth-order valence-corrected chi connectivity index (χ4v) is 8.61. The zero-order valence-corrected chi connectivity index (χ0v) is 26.7. The van der Waals surface area contributed by atoms with Crippen molar-refractivity contribution in [3.8, 4) is 0 Å². The van der Waals surface area contributed by atoms with E-state index < -0.39 is 0 Å². The second kappa shape index (κ2) is 11.0. The summed E-state index contributed by atoms with van der Waals surface area (Å²) < 4.78 is 2.56. The molecule has 5 heteroatoms. The number of para-hydroxylation sites is 4. The van der Waals surface area contributed by atoms with Crippen LogP contribution in [0.15, 0.2) is 140 Å². The Labute approximate surface area is 280 Å². The fourth-order valence-electron chi connectivity index (χ4n) is 8.61. The summed E-state index contributed by atoms with van der Waals surface area (Å²) >= 11 is 0. The molecule has 3 unspecified atom stereocenters. The summed E-state index contributed by atoms with van der Waals surface area (Å²) in [6.45, 7) is 0. The van der Waals surface area contributed by atoms with Crippen LogP contribution >= 0.6 is 0 Å². The molecule has 3 atom stereocenters. The largest absolute Gasteiger partial charge is 0.386 e. The highest BCUT2D eigenvalue weighted by molar-refractivity contribution is 6.18. The number of rotatable bonds is 3. The van der Waals surface area contributed by atoms with Crippen molar-refractivity contribution in [1.29, 1.82) is 0 Å². The molecule has 4 heterocycles. The molecule has 5 aromatic carbocycles. The van der Waals surface area contributed by atoms with Gasteiger partial charge in [-0.1, -0.05) is 97.1 Å². The summed E-state index contributed by atoms with van der Waals surface area (Å²) in [6, 6.07) is 42.7. The molecule has 0 fully saturated rings. The Balaban J connectivity index is 1.29. The van der Waals surface area contributed by atoms with Gasteiger partial charge in [0.1, 0.15) is 0 Å². The molecule has 3 aliphatic heterocycles. The van der Waals surface area contributed by atoms with E-state index in [-0.39, 0.29) is 12.3 Å². The minimum atomic E-state index is -0.162. The van der Waals surface area contributed by atoms with Crippen molar-refractivity contribution in [2.45, 2.75) is 44.1 Å². The van der Waals surface area contributed by atoms with Crippen molar-refractivity contribution in [3.63, 3.8) is 0 Å². The van der Waals surface area contributed by atoms with Crippen molar-refractivity contribution >= 4 is 55.7 Å². The number of anilines is 4. The van der Waals surface area contributed by atoms with Gasteiger partial charge in [-0.05, 0) is 85.0 Å². The lowest BCUT2D eigenvalue weighted by Gasteiger charge is -2.40. The maximum absolute atomic E-state index is 4.13. The Morgan fingerprint density at radius 1 is 0.688 bits per heavy atom. The zero-order chi connectivity index (χ0) is 31.6. The van der Waals surface area contributed by atoms with Crippen molar-refractivity contribution in [2.75, 3.05) is 10.2 Å². The average Bonchev–Trinajstić information content (AvgIpc) is 3.43. The normalized spacial score (nSPS) is 21.2. The summed E-state index contributed by atoms with van der Waals surface area (Å²) in [4.78, 5) is 2.48. The van der Waals surface area contributed by atoms with Crippen molar-refractivity contribution in [2.24, 2.45) is 0 Å². The fraction of sp³-hybridized carbons (Fsp3) is 0.163. The Hall–Kier alpha value is -5.52. The summed E-state index contributed by atoms with van der Waals surface area (Å²) in [6.07, 6.45) is 13.1. The van der Waals surface area contributed by atoms with Crippen LogP contribution in [0.1, 0.15) is 54.7 Å². The monoisotopic (exact) mass is 623 g/mol. The van der Waals surface area contributed by atoms with Crippen LogP contribution in [-0.2, 0) is 0 Å². The van der Waals surface area contributed by atoms with E-state index in [1.54, 1.807) is 0 Å². The molecular weight excluding hydrogens is 587 g/mol. The van der Waals surface area contributed by atoms with Crippen molar-refractivity contribution in [1.82, 2.24) is 15.2 Å². The SMILES string of the molecule is C1=CC2=C(CC1)c1c(ccc3c4ccccc4n(C4Nc5ccccc5C(C5CCC=CN5)N4)c13)N(c1ccccc1)c1ccccc12. The van der Waals surface area contributed by atoms with E-state index >= 15 is 0 Å². The molecule has 6 aromatic rings. The first-order valence-electron chi connectivity index (χ1n) is 17.3. The third-order valence-electron chi connectivity index (χ3n) is 10.7. The first-order chi connectivity index (χ1) is 23.8. The number of hydrogen-bond donors (Lipinski definition) is 3. The van der Waals surface area contributed by atoms with Gasteiger partial charge in [-0.3, -0.25) is 5.32 Å². The number of aromatic nitrogens is 1. The number of fused-ring (bicyclic) bond motifs is 9. The summed E-state index contributed by atoms with van der Waals surface area (Å²) in [5.41, 5.74) is 13.9. The van der Waals surface area contributed by atoms with Gasteiger partial charge in [0.15, 0.2) is 6.29 Å². The number of allylic oxidation sites excluding steroid dienone is 5. The van der Waals surface area contributed by atoms with E-state index in [9.17, 15) is 0 Å². The van der Waals surface area contributed by atoms with Gasteiger partial charge < -0.3 is 20.1 Å². The van der Waals surface area contributed by atoms with Crippen molar-refractivity contribution in [3.05, 3.63) is 156 Å². The summed E-state index contributed by atoms with van der Waals surface area (Å²) in [7, 11) is 0. The van der Waals surface area contributed by atoms with Crippen LogP contribution in [-0.4, -0.2) is 10.6 Å². The molecule has 0 radical (unpaired) electrons. The Morgan fingerprint density at radius 3 is 2.44 bits per heavy atom. The number of hydrogen-bond acceptors (Lipinski definition) is 4. The van der Waals surface area contributed by atoms with Crippen LogP contribution in [0.2, 0.25) is 0 Å². The van der Waals surface area contributed by atoms with Crippen molar-refractivity contribution < 1.29 is 0 Å². The van der Waals surface area contributed by atoms with E-state index in [4.69, 9.17) is 0 Å². The van der Waals surface area contributed by atoms with Gasteiger partial charge in [-0.25, -0.2) is 0 Å². The van der Waals surface area contributed by atoms with E-state index in [1.807, 2.05) is 0 Å². The first-order valence-corrected chi connectivity index (χ1v) is 17.3. The van der Waals surface area contributed by atoms with Gasteiger partial charge >= 0.3 is 0 Å². The van der Waals surface area contributed by atoms with E-state index in [1.165, 1.54) is 66.7 Å². The van der Waals surface area contributed by atoms with E-state index in [0.29, 0.717) is 6.04 Å². The van der Waals surface area contributed by atoms with Gasteiger partial charge in [0.25, 0.3) is 0 Å². The lowest BCUT2D eigenvalue weighted by molar-refractivity contribution is 0.310. The standard InChI is InChI=1S/C43H37N5/c1-2-14-28(15-3-1)47-37-23-10-7-17-30(37)29-16-4-5-19-32(29)40-39(47)26-25-33-31-18-8-11-24-38(31)48(42(33)40)43-45-35-21-9-6-20-34(35)41(46-43)36-22-12-13-27-44-36/h1-4,6-11,13-18,20-21,23-27,36,41,43-46H,5,12,19,22H2. The van der Waals surface area contributed by atoms with Gasteiger partial charge in [-0.2, -0.15) is 0 Å². The molecule has 4 aliphatic rings.